The summed E-state index contributed by atoms with van der Waals surface area (Å²) in [7, 11) is 0. The summed E-state index contributed by atoms with van der Waals surface area (Å²) in [5, 5.41) is 34.4. The number of aromatic nitrogens is 5. The Bertz CT molecular complexity index is 1580. The van der Waals surface area contributed by atoms with E-state index in [0.29, 0.717) is 10.2 Å². The molecule has 0 fully saturated rings. The Morgan fingerprint density at radius 2 is 2.05 bits per heavy atom. The normalized spacial score (nSPS) is 11.2. The second-order valence-electron chi connectivity index (χ2n) is 7.87. The number of tetrazole rings is 1. The second kappa shape index (κ2) is 12.5. The SMILES string of the molecule is C#CCNC(=O)c1cc(C#N)cc(C)c1NC(=O)/C(=C/C(=N)Cn1nnnc1C(F)(F)F)Nc1ncccc1Cl. The maximum absolute atomic E-state index is 13.4. The predicted molar refractivity (Wildman–Crippen MR) is 137 cm³/mol. The van der Waals surface area contributed by atoms with Gasteiger partial charge in [0, 0.05) is 6.20 Å². The molecule has 2 heterocycles. The fraction of sp³-hybridized carbons (Fsp3) is 0.167. The third kappa shape index (κ3) is 7.18. The van der Waals surface area contributed by atoms with Crippen LogP contribution in [-0.4, -0.2) is 49.3 Å². The van der Waals surface area contributed by atoms with Crippen molar-refractivity contribution in [2.45, 2.75) is 19.6 Å². The van der Waals surface area contributed by atoms with Crippen molar-refractivity contribution in [3.8, 4) is 18.4 Å². The zero-order valence-corrected chi connectivity index (χ0v) is 21.2. The molecule has 0 aliphatic rings. The van der Waals surface area contributed by atoms with Crippen LogP contribution in [-0.2, 0) is 17.5 Å². The Labute approximate surface area is 229 Å². The highest BCUT2D eigenvalue weighted by Gasteiger charge is 2.38. The van der Waals surface area contributed by atoms with Gasteiger partial charge in [0.25, 0.3) is 17.6 Å². The van der Waals surface area contributed by atoms with Crippen molar-refractivity contribution in [1.29, 1.82) is 10.7 Å². The van der Waals surface area contributed by atoms with Crippen LogP contribution >= 0.6 is 11.6 Å². The number of alkyl halides is 3. The van der Waals surface area contributed by atoms with Crippen LogP contribution in [0.2, 0.25) is 5.02 Å². The molecule has 204 valence electrons. The molecule has 3 aromatic rings. The summed E-state index contributed by atoms with van der Waals surface area (Å²) in [4.78, 5) is 30.2. The van der Waals surface area contributed by atoms with E-state index in [4.69, 9.17) is 23.4 Å². The van der Waals surface area contributed by atoms with Gasteiger partial charge < -0.3 is 21.4 Å². The van der Waals surface area contributed by atoms with Crippen molar-refractivity contribution in [2.24, 2.45) is 0 Å². The third-order valence-corrected chi connectivity index (χ3v) is 5.28. The Morgan fingerprint density at radius 3 is 2.70 bits per heavy atom. The number of carbonyl (C=O) groups excluding carboxylic acids is 2. The van der Waals surface area contributed by atoms with Gasteiger partial charge in [0.05, 0.1) is 46.7 Å². The maximum Gasteiger partial charge on any atom is 0.453 e. The Morgan fingerprint density at radius 1 is 1.30 bits per heavy atom. The van der Waals surface area contributed by atoms with E-state index in [9.17, 15) is 28.0 Å². The molecule has 3 rings (SSSR count). The number of rotatable bonds is 9. The Balaban J connectivity index is 2.01. The summed E-state index contributed by atoms with van der Waals surface area (Å²) in [6.07, 6.45) is 2.61. The van der Waals surface area contributed by atoms with Gasteiger partial charge in [-0.15, -0.1) is 11.5 Å². The van der Waals surface area contributed by atoms with Crippen molar-refractivity contribution in [2.75, 3.05) is 17.2 Å². The highest BCUT2D eigenvalue weighted by Crippen LogP contribution is 2.27. The topological polar surface area (TPSA) is 174 Å². The van der Waals surface area contributed by atoms with E-state index in [1.54, 1.807) is 6.92 Å². The summed E-state index contributed by atoms with van der Waals surface area (Å²) in [5.41, 5.74) is -0.457. The van der Waals surface area contributed by atoms with Gasteiger partial charge in [0.2, 0.25) is 0 Å². The van der Waals surface area contributed by atoms with Crippen LogP contribution in [0, 0.1) is 36.0 Å². The first-order valence-corrected chi connectivity index (χ1v) is 11.4. The van der Waals surface area contributed by atoms with Crippen LogP contribution in [0.4, 0.5) is 24.7 Å². The van der Waals surface area contributed by atoms with Crippen LogP contribution in [0.15, 0.2) is 42.2 Å². The van der Waals surface area contributed by atoms with E-state index in [-0.39, 0.29) is 39.9 Å². The number of amides is 2. The predicted octanol–water partition coefficient (Wildman–Crippen LogP) is 2.94. The first-order chi connectivity index (χ1) is 18.9. The van der Waals surface area contributed by atoms with E-state index in [2.05, 4.69) is 42.4 Å². The largest absolute Gasteiger partial charge is 0.453 e. The monoisotopic (exact) mass is 570 g/mol. The van der Waals surface area contributed by atoms with E-state index in [1.807, 2.05) is 6.07 Å². The number of terminal acetylenes is 1. The number of allylic oxidation sites excluding steroid dienone is 1. The molecule has 4 N–H and O–H groups in total. The number of benzene rings is 1. The quantitative estimate of drug-likeness (QED) is 0.172. The first kappa shape index (κ1) is 29.3. The van der Waals surface area contributed by atoms with Crippen molar-refractivity contribution in [3.05, 3.63) is 69.8 Å². The summed E-state index contributed by atoms with van der Waals surface area (Å²) >= 11 is 6.14. The lowest BCUT2D eigenvalue weighted by Gasteiger charge is -2.17. The zero-order valence-electron chi connectivity index (χ0n) is 20.5. The highest BCUT2D eigenvalue weighted by atomic mass is 35.5. The van der Waals surface area contributed by atoms with Gasteiger partial charge in [-0.3, -0.25) is 9.59 Å². The average Bonchev–Trinajstić information content (AvgIpc) is 3.37. The fourth-order valence-electron chi connectivity index (χ4n) is 3.26. The van der Waals surface area contributed by atoms with Gasteiger partial charge in [0.15, 0.2) is 0 Å². The molecular weight excluding hydrogens is 553 g/mol. The molecule has 0 spiro atoms. The van der Waals surface area contributed by atoms with E-state index in [0.717, 1.165) is 6.08 Å². The van der Waals surface area contributed by atoms with Crippen LogP contribution < -0.4 is 16.0 Å². The minimum atomic E-state index is -4.88. The van der Waals surface area contributed by atoms with Gasteiger partial charge in [-0.1, -0.05) is 17.5 Å². The number of anilines is 2. The molecule has 0 atom stereocenters. The number of aryl methyl sites for hydroxylation is 1. The lowest BCUT2D eigenvalue weighted by Crippen LogP contribution is -2.28. The lowest BCUT2D eigenvalue weighted by molar-refractivity contribution is -0.147. The van der Waals surface area contributed by atoms with Crippen molar-refractivity contribution in [3.63, 3.8) is 0 Å². The van der Waals surface area contributed by atoms with Gasteiger partial charge in [0.1, 0.15) is 11.5 Å². The molecular formula is C24H18ClF3N10O2. The number of nitrogens with zero attached hydrogens (tertiary/aromatic N) is 6. The molecule has 0 saturated heterocycles. The van der Waals surface area contributed by atoms with E-state index < -0.39 is 36.1 Å². The summed E-state index contributed by atoms with van der Waals surface area (Å²) in [6.45, 7) is 0.673. The van der Waals surface area contributed by atoms with Crippen molar-refractivity contribution < 1.29 is 22.8 Å². The molecule has 2 amide bonds. The summed E-state index contributed by atoms with van der Waals surface area (Å²) in [6, 6.07) is 7.59. The van der Waals surface area contributed by atoms with Crippen LogP contribution in [0.3, 0.4) is 0 Å². The van der Waals surface area contributed by atoms with Crippen molar-refractivity contribution in [1.82, 2.24) is 30.5 Å². The van der Waals surface area contributed by atoms with Crippen molar-refractivity contribution >= 4 is 40.6 Å². The number of pyridine rings is 1. The van der Waals surface area contributed by atoms with Gasteiger partial charge in [-0.05, 0) is 53.3 Å². The average molecular weight is 571 g/mol. The van der Waals surface area contributed by atoms with Gasteiger partial charge >= 0.3 is 6.18 Å². The second-order valence-corrected chi connectivity index (χ2v) is 8.28. The number of hydrogen-bond acceptors (Lipinski definition) is 9. The lowest BCUT2D eigenvalue weighted by atomic mass is 10.0. The van der Waals surface area contributed by atoms with Gasteiger partial charge in [-0.2, -0.15) is 18.4 Å². The Kier molecular flexibility index (Phi) is 9.16. The summed E-state index contributed by atoms with van der Waals surface area (Å²) in [5.74, 6) is -0.788. The molecule has 0 aliphatic carbocycles. The zero-order chi connectivity index (χ0) is 29.4. The smallest absolute Gasteiger partial charge is 0.341 e. The first-order valence-electron chi connectivity index (χ1n) is 11.0. The minimum absolute atomic E-state index is 0.000284. The number of halogens is 4. The van der Waals surface area contributed by atoms with E-state index in [1.165, 1.54) is 30.5 Å². The molecule has 0 unspecified atom stereocenters. The molecule has 2 aromatic heterocycles. The third-order valence-electron chi connectivity index (χ3n) is 4.98. The standard InChI is InChI=1S/C24H18ClF3N10O2/c1-3-6-32-21(39)16-9-14(11-29)8-13(2)19(16)34-22(40)18(33-20-17(25)5-4-7-31-20)10-15(30)12-38-23(24(26,27)28)35-36-37-38/h1,4-5,7-10,30H,6,12H2,2H3,(H,31,33)(H,32,39)(H,34,40)/b18-10-,30-15?. The molecule has 1 aromatic carbocycles. The molecule has 0 radical (unpaired) electrons. The number of nitrogens with one attached hydrogen (secondary N) is 4. The number of carbonyl (C=O) groups is 2. The minimum Gasteiger partial charge on any atom is -0.341 e. The molecule has 40 heavy (non-hydrogen) atoms. The maximum atomic E-state index is 13.4. The molecule has 0 bridgehead atoms. The highest BCUT2D eigenvalue weighted by molar-refractivity contribution is 6.33. The molecule has 16 heteroatoms. The van der Waals surface area contributed by atoms with Crippen LogP contribution in [0.1, 0.15) is 27.3 Å². The van der Waals surface area contributed by atoms with Crippen LogP contribution in [0.25, 0.3) is 0 Å². The molecule has 12 nitrogen and oxygen atoms in total. The molecule has 0 saturated carbocycles. The molecule has 0 aliphatic heterocycles. The summed E-state index contributed by atoms with van der Waals surface area (Å²) < 4.78 is 39.8. The fourth-order valence-corrected chi connectivity index (χ4v) is 3.43. The number of hydrogen-bond donors (Lipinski definition) is 4. The van der Waals surface area contributed by atoms with Gasteiger partial charge in [-0.25, -0.2) is 9.67 Å². The number of nitriles is 1. The Hall–Kier alpha value is -5.28. The van der Waals surface area contributed by atoms with E-state index >= 15 is 0 Å². The van der Waals surface area contributed by atoms with Crippen LogP contribution in [0.5, 0.6) is 0 Å².